The second kappa shape index (κ2) is 15.0. The van der Waals surface area contributed by atoms with Gasteiger partial charge in [-0.3, -0.25) is 19.3 Å². The van der Waals surface area contributed by atoms with Crippen molar-refractivity contribution in [2.75, 3.05) is 42.9 Å². The van der Waals surface area contributed by atoms with Crippen molar-refractivity contribution >= 4 is 40.7 Å². The predicted molar refractivity (Wildman–Crippen MR) is 166 cm³/mol. The van der Waals surface area contributed by atoms with Gasteiger partial charge in [0.1, 0.15) is 6.04 Å². The molecule has 2 saturated heterocycles. The predicted octanol–water partition coefficient (Wildman–Crippen LogP) is 5.99. The van der Waals surface area contributed by atoms with E-state index in [1.807, 2.05) is 23.6 Å². The maximum atomic E-state index is 15.2. The number of halogens is 6. The molecule has 4 rings (SSSR count). The smallest absolute Gasteiger partial charge is 0.367 e. The minimum Gasteiger partial charge on any atom is -0.367 e. The largest absolute Gasteiger partial charge is 0.390 e. The first-order valence-corrected chi connectivity index (χ1v) is 15.7. The van der Waals surface area contributed by atoms with Crippen molar-refractivity contribution in [3.8, 4) is 0 Å². The van der Waals surface area contributed by atoms with Gasteiger partial charge in [-0.25, -0.2) is 8.78 Å². The fourth-order valence-corrected chi connectivity index (χ4v) is 6.29. The third-order valence-corrected chi connectivity index (χ3v) is 8.63. The normalized spacial score (nSPS) is 19.1. The zero-order valence-corrected chi connectivity index (χ0v) is 26.8. The Morgan fingerprint density at radius 3 is 2.46 bits per heavy atom. The Kier molecular flexibility index (Phi) is 11.5. The Hall–Kier alpha value is -3.45. The summed E-state index contributed by atoms with van der Waals surface area (Å²) in [7, 11) is 0. The monoisotopic (exact) mass is 671 g/mol. The van der Waals surface area contributed by atoms with Gasteiger partial charge in [0, 0.05) is 62.8 Å². The van der Waals surface area contributed by atoms with Crippen molar-refractivity contribution < 1.29 is 36.3 Å². The number of rotatable bonds is 10. The lowest BCUT2D eigenvalue weighted by Gasteiger charge is -2.43. The van der Waals surface area contributed by atoms with E-state index in [4.69, 9.17) is 11.6 Å². The number of piperazine rings is 1. The lowest BCUT2D eigenvalue weighted by Crippen LogP contribution is -2.54. The molecule has 2 aliphatic rings. The van der Waals surface area contributed by atoms with Crippen LogP contribution in [0.15, 0.2) is 30.3 Å². The van der Waals surface area contributed by atoms with Crippen LogP contribution >= 0.6 is 11.6 Å². The van der Waals surface area contributed by atoms with E-state index < -0.39 is 47.7 Å². The molecule has 0 bridgehead atoms. The summed E-state index contributed by atoms with van der Waals surface area (Å²) in [5.41, 5.74) is 0.0733. The van der Waals surface area contributed by atoms with E-state index in [-0.39, 0.29) is 42.2 Å². The molecule has 14 heteroatoms. The van der Waals surface area contributed by atoms with E-state index in [1.165, 1.54) is 30.0 Å². The lowest BCUT2D eigenvalue weighted by molar-refractivity contribution is -0.139. The van der Waals surface area contributed by atoms with Gasteiger partial charge in [-0.1, -0.05) is 31.5 Å². The van der Waals surface area contributed by atoms with E-state index >= 15 is 8.78 Å². The van der Waals surface area contributed by atoms with Crippen LogP contribution in [0.5, 0.6) is 0 Å². The number of carbonyl (C=O) groups is 3. The molecule has 46 heavy (non-hydrogen) atoms. The van der Waals surface area contributed by atoms with Crippen molar-refractivity contribution in [2.45, 2.75) is 71.3 Å². The van der Waals surface area contributed by atoms with Crippen molar-refractivity contribution in [3.63, 3.8) is 0 Å². The molecule has 0 radical (unpaired) electrons. The minimum absolute atomic E-state index is 0.115. The van der Waals surface area contributed by atoms with Crippen LogP contribution in [0.2, 0.25) is 5.02 Å². The van der Waals surface area contributed by atoms with E-state index in [0.717, 1.165) is 6.07 Å². The Bertz CT molecular complexity index is 1440. The molecule has 2 heterocycles. The molecular formula is C32H39ClF5N5O3. The molecule has 0 aliphatic carbocycles. The van der Waals surface area contributed by atoms with Crippen molar-refractivity contribution in [1.29, 1.82) is 0 Å². The first-order chi connectivity index (χ1) is 21.6. The average Bonchev–Trinajstić information content (AvgIpc) is 3.48. The van der Waals surface area contributed by atoms with E-state index in [2.05, 4.69) is 10.6 Å². The minimum atomic E-state index is -4.27. The third-order valence-electron chi connectivity index (χ3n) is 8.40. The third kappa shape index (κ3) is 8.87. The van der Waals surface area contributed by atoms with Crippen LogP contribution in [0, 0.1) is 17.6 Å². The molecule has 0 aromatic heterocycles. The fraction of sp³-hybridized carbons (Fsp3) is 0.531. The molecule has 2 aromatic carbocycles. The van der Waals surface area contributed by atoms with Crippen molar-refractivity contribution in [2.24, 2.45) is 5.92 Å². The van der Waals surface area contributed by atoms with Crippen LogP contribution in [-0.4, -0.2) is 78.5 Å². The van der Waals surface area contributed by atoms with Gasteiger partial charge in [0.25, 0.3) is 5.91 Å². The number of alkyl halides is 3. The number of nitrogens with zero attached hydrogens (tertiary/aromatic N) is 3. The van der Waals surface area contributed by atoms with Crippen LogP contribution in [0.1, 0.15) is 62.4 Å². The fourth-order valence-electron chi connectivity index (χ4n) is 6.12. The van der Waals surface area contributed by atoms with Crippen LogP contribution in [0.3, 0.4) is 0 Å². The molecular weight excluding hydrogens is 633 g/mol. The Morgan fingerprint density at radius 2 is 1.78 bits per heavy atom. The highest BCUT2D eigenvalue weighted by atomic mass is 35.5. The second-order valence-corrected chi connectivity index (χ2v) is 12.7. The summed E-state index contributed by atoms with van der Waals surface area (Å²) in [6.45, 7) is 6.47. The molecule has 2 aliphatic heterocycles. The van der Waals surface area contributed by atoms with Gasteiger partial charge in [0.05, 0.1) is 23.4 Å². The zero-order valence-electron chi connectivity index (χ0n) is 26.0. The van der Waals surface area contributed by atoms with Crippen molar-refractivity contribution in [3.05, 3.63) is 58.1 Å². The maximum absolute atomic E-state index is 15.2. The van der Waals surface area contributed by atoms with E-state index in [0.29, 0.717) is 56.2 Å². The lowest BCUT2D eigenvalue weighted by atomic mass is 9.99. The van der Waals surface area contributed by atoms with Crippen molar-refractivity contribution in [1.82, 2.24) is 15.1 Å². The number of carbonyl (C=O) groups excluding carboxylic acids is 3. The molecule has 0 saturated carbocycles. The molecule has 2 N–H and O–H groups in total. The molecule has 8 nitrogen and oxygen atoms in total. The molecule has 252 valence electrons. The summed E-state index contributed by atoms with van der Waals surface area (Å²) in [5.74, 6) is -4.08. The first kappa shape index (κ1) is 35.4. The molecule has 0 spiro atoms. The van der Waals surface area contributed by atoms with Gasteiger partial charge in [0.2, 0.25) is 11.8 Å². The number of nitrogens with one attached hydrogen (secondary N) is 2. The number of hydrogen-bond donors (Lipinski definition) is 2. The maximum Gasteiger partial charge on any atom is 0.390 e. The topological polar surface area (TPSA) is 85.0 Å². The summed E-state index contributed by atoms with van der Waals surface area (Å²) < 4.78 is 69.2. The van der Waals surface area contributed by atoms with Crippen LogP contribution in [0.4, 0.5) is 33.3 Å². The van der Waals surface area contributed by atoms with Gasteiger partial charge in [-0.15, -0.1) is 0 Å². The summed E-state index contributed by atoms with van der Waals surface area (Å²) in [5, 5.41) is 5.55. The molecule has 2 fully saturated rings. The number of likely N-dealkylation sites (tertiary alicyclic amines) is 1. The highest BCUT2D eigenvalue weighted by molar-refractivity contribution is 6.31. The van der Waals surface area contributed by atoms with Gasteiger partial charge < -0.3 is 20.4 Å². The SMILES string of the molecule is CC(=O)N1CCC[C@H]1C(=O)NCc1ccc(C(=O)Nc2ccc(Cl)cc2N2CCN(CCC(F)(F)F)[C@@H](CC(C)C)C2)c(F)c1F. The number of amides is 3. The Labute approximate surface area is 270 Å². The quantitative estimate of drug-likeness (QED) is 0.304. The summed E-state index contributed by atoms with van der Waals surface area (Å²) >= 11 is 6.29. The van der Waals surface area contributed by atoms with Crippen LogP contribution < -0.4 is 15.5 Å². The Balaban J connectivity index is 1.47. The Morgan fingerprint density at radius 1 is 1.04 bits per heavy atom. The highest BCUT2D eigenvalue weighted by Crippen LogP contribution is 2.33. The molecule has 0 unspecified atom stereocenters. The second-order valence-electron chi connectivity index (χ2n) is 12.2. The van der Waals surface area contributed by atoms with Gasteiger partial charge in [-0.2, -0.15) is 13.2 Å². The first-order valence-electron chi connectivity index (χ1n) is 15.3. The van der Waals surface area contributed by atoms with Gasteiger partial charge in [0.15, 0.2) is 11.6 Å². The number of benzene rings is 2. The molecule has 2 atom stereocenters. The highest BCUT2D eigenvalue weighted by Gasteiger charge is 2.34. The summed E-state index contributed by atoms with van der Waals surface area (Å²) in [4.78, 5) is 42.8. The van der Waals surface area contributed by atoms with Gasteiger partial charge >= 0.3 is 6.18 Å². The summed E-state index contributed by atoms with van der Waals surface area (Å²) in [6.07, 6.45) is -3.38. The zero-order chi connectivity index (χ0) is 33.8. The molecule has 2 aromatic rings. The number of hydrogen-bond acceptors (Lipinski definition) is 5. The standard InChI is InChI=1S/C32H39ClF5N5O3/c1-19(2)15-23-18-42(14-13-41(23)12-10-32(36,37)38)27-16-22(33)7-9-25(27)40-30(45)24-8-6-21(28(34)29(24)35)17-39-31(46)26-5-4-11-43(26)20(3)44/h6-9,16,19,23,26H,4-5,10-15,17-18H2,1-3H3,(H,39,46)(H,40,45)/t23-,26-/m0/s1. The van der Waals surface area contributed by atoms with E-state index in [9.17, 15) is 27.6 Å². The number of anilines is 2. The average molecular weight is 672 g/mol. The summed E-state index contributed by atoms with van der Waals surface area (Å²) in [6, 6.07) is 6.17. The van der Waals surface area contributed by atoms with Crippen LogP contribution in [-0.2, 0) is 16.1 Å². The van der Waals surface area contributed by atoms with E-state index in [1.54, 1.807) is 6.07 Å². The molecule has 3 amide bonds. The van der Waals surface area contributed by atoms with Crippen LogP contribution in [0.25, 0.3) is 0 Å². The van der Waals surface area contributed by atoms with Gasteiger partial charge in [-0.05, 0) is 49.4 Å².